The predicted octanol–water partition coefficient (Wildman–Crippen LogP) is 2.44. The van der Waals surface area contributed by atoms with Crippen molar-refractivity contribution in [1.29, 1.82) is 0 Å². The molecule has 23 heavy (non-hydrogen) atoms. The predicted molar refractivity (Wildman–Crippen MR) is 89.3 cm³/mol. The fourth-order valence-electron chi connectivity index (χ4n) is 2.58. The van der Waals surface area contributed by atoms with Gasteiger partial charge in [-0.1, -0.05) is 24.3 Å². The van der Waals surface area contributed by atoms with E-state index >= 15 is 0 Å². The molecule has 1 amide bonds. The first-order valence-electron chi connectivity index (χ1n) is 7.46. The number of fused-ring (bicyclic) bond motifs is 1. The standard InChI is InChI=1S/C18H19N3O2/c1-21-12-20-15-9-13(7-8-16(15)21)10-18(22)19-11-14-5-3-4-6-17(14)23-2/h3-9,12H,10-11H2,1-2H3,(H,19,22). The highest BCUT2D eigenvalue weighted by molar-refractivity contribution is 5.81. The quantitative estimate of drug-likeness (QED) is 0.787. The molecule has 2 aromatic carbocycles. The molecule has 0 aliphatic heterocycles. The number of methoxy groups -OCH3 is 1. The highest BCUT2D eigenvalue weighted by Gasteiger charge is 2.08. The average molecular weight is 309 g/mol. The zero-order chi connectivity index (χ0) is 16.2. The molecule has 0 spiro atoms. The number of hydrogen-bond donors (Lipinski definition) is 1. The first-order valence-corrected chi connectivity index (χ1v) is 7.46. The van der Waals surface area contributed by atoms with Crippen molar-refractivity contribution in [3.63, 3.8) is 0 Å². The van der Waals surface area contributed by atoms with Crippen LogP contribution in [0.2, 0.25) is 0 Å². The molecule has 1 N–H and O–H groups in total. The third-order valence-electron chi connectivity index (χ3n) is 3.82. The Hall–Kier alpha value is -2.82. The number of benzene rings is 2. The number of imidazole rings is 1. The molecule has 0 aliphatic rings. The van der Waals surface area contributed by atoms with Gasteiger partial charge < -0.3 is 14.6 Å². The Labute approximate surface area is 134 Å². The van der Waals surface area contributed by atoms with Gasteiger partial charge in [0.05, 0.1) is 30.9 Å². The molecule has 118 valence electrons. The van der Waals surface area contributed by atoms with Crippen molar-refractivity contribution >= 4 is 16.9 Å². The van der Waals surface area contributed by atoms with Crippen molar-refractivity contribution in [1.82, 2.24) is 14.9 Å². The number of para-hydroxylation sites is 1. The Morgan fingerprint density at radius 3 is 2.91 bits per heavy atom. The minimum absolute atomic E-state index is 0.0220. The van der Waals surface area contributed by atoms with Crippen molar-refractivity contribution in [2.75, 3.05) is 7.11 Å². The molecular weight excluding hydrogens is 290 g/mol. The molecule has 3 aromatic rings. The van der Waals surface area contributed by atoms with Crippen LogP contribution >= 0.6 is 0 Å². The van der Waals surface area contributed by atoms with E-state index in [1.807, 2.05) is 54.1 Å². The summed E-state index contributed by atoms with van der Waals surface area (Å²) in [4.78, 5) is 16.5. The summed E-state index contributed by atoms with van der Waals surface area (Å²) in [5.74, 6) is 0.758. The number of aromatic nitrogens is 2. The number of rotatable bonds is 5. The van der Waals surface area contributed by atoms with Gasteiger partial charge in [-0.05, 0) is 23.8 Å². The highest BCUT2D eigenvalue weighted by Crippen LogP contribution is 2.17. The van der Waals surface area contributed by atoms with E-state index in [2.05, 4.69) is 10.3 Å². The largest absolute Gasteiger partial charge is 0.496 e. The van der Waals surface area contributed by atoms with Crippen molar-refractivity contribution < 1.29 is 9.53 Å². The lowest BCUT2D eigenvalue weighted by Crippen LogP contribution is -2.24. The summed E-state index contributed by atoms with van der Waals surface area (Å²) >= 11 is 0. The van der Waals surface area contributed by atoms with Crippen LogP contribution in [0.4, 0.5) is 0 Å². The van der Waals surface area contributed by atoms with Crippen LogP contribution < -0.4 is 10.1 Å². The second kappa shape index (κ2) is 6.52. The molecule has 0 saturated carbocycles. The molecule has 0 atom stereocenters. The van der Waals surface area contributed by atoms with Gasteiger partial charge in [-0.3, -0.25) is 4.79 Å². The molecule has 5 heteroatoms. The average Bonchev–Trinajstić information content (AvgIpc) is 2.94. The topological polar surface area (TPSA) is 56.1 Å². The van der Waals surface area contributed by atoms with Crippen LogP contribution in [0.3, 0.4) is 0 Å². The van der Waals surface area contributed by atoms with Gasteiger partial charge in [0.2, 0.25) is 5.91 Å². The monoisotopic (exact) mass is 309 g/mol. The molecule has 0 radical (unpaired) electrons. The van der Waals surface area contributed by atoms with Gasteiger partial charge in [-0.15, -0.1) is 0 Å². The summed E-state index contributed by atoms with van der Waals surface area (Å²) in [7, 11) is 3.58. The third kappa shape index (κ3) is 3.34. The normalized spacial score (nSPS) is 10.7. The molecule has 1 aromatic heterocycles. The minimum atomic E-state index is -0.0220. The fourth-order valence-corrected chi connectivity index (χ4v) is 2.58. The molecular formula is C18H19N3O2. The summed E-state index contributed by atoms with van der Waals surface area (Å²) < 4.78 is 7.24. The zero-order valence-corrected chi connectivity index (χ0v) is 13.2. The van der Waals surface area contributed by atoms with Gasteiger partial charge in [-0.25, -0.2) is 4.98 Å². The van der Waals surface area contributed by atoms with Crippen LogP contribution in [-0.4, -0.2) is 22.6 Å². The first-order chi connectivity index (χ1) is 11.2. The summed E-state index contributed by atoms with van der Waals surface area (Å²) in [6, 6.07) is 13.6. The van der Waals surface area contributed by atoms with E-state index in [1.165, 1.54) is 0 Å². The number of nitrogens with one attached hydrogen (secondary N) is 1. The fraction of sp³-hybridized carbons (Fsp3) is 0.222. The van der Waals surface area contributed by atoms with Crippen molar-refractivity contribution in [3.05, 3.63) is 59.9 Å². The molecule has 1 heterocycles. The summed E-state index contributed by atoms with van der Waals surface area (Å²) in [6.45, 7) is 0.453. The number of nitrogens with zero attached hydrogens (tertiary/aromatic N) is 2. The lowest BCUT2D eigenvalue weighted by atomic mass is 10.1. The molecule has 0 unspecified atom stereocenters. The van der Waals surface area contributed by atoms with Crippen LogP contribution in [-0.2, 0) is 24.8 Å². The zero-order valence-electron chi connectivity index (χ0n) is 13.2. The summed E-state index contributed by atoms with van der Waals surface area (Å²) in [6.07, 6.45) is 2.11. The molecule has 0 saturated heterocycles. The summed E-state index contributed by atoms with van der Waals surface area (Å²) in [5.41, 5.74) is 3.88. The van der Waals surface area contributed by atoms with E-state index in [4.69, 9.17) is 4.74 Å². The Balaban J connectivity index is 1.64. The Morgan fingerprint density at radius 2 is 2.09 bits per heavy atom. The maximum Gasteiger partial charge on any atom is 0.224 e. The van der Waals surface area contributed by atoms with E-state index < -0.39 is 0 Å². The third-order valence-corrected chi connectivity index (χ3v) is 3.82. The van der Waals surface area contributed by atoms with E-state index in [0.717, 1.165) is 27.9 Å². The van der Waals surface area contributed by atoms with Crippen LogP contribution in [0, 0.1) is 0 Å². The second-order valence-electron chi connectivity index (χ2n) is 5.44. The van der Waals surface area contributed by atoms with E-state index in [-0.39, 0.29) is 5.91 Å². The van der Waals surface area contributed by atoms with Crippen molar-refractivity contribution in [2.24, 2.45) is 7.05 Å². The smallest absolute Gasteiger partial charge is 0.224 e. The van der Waals surface area contributed by atoms with Gasteiger partial charge in [0, 0.05) is 19.2 Å². The van der Waals surface area contributed by atoms with Gasteiger partial charge >= 0.3 is 0 Å². The van der Waals surface area contributed by atoms with Crippen molar-refractivity contribution in [2.45, 2.75) is 13.0 Å². The Bertz CT molecular complexity index is 839. The van der Waals surface area contributed by atoms with E-state index in [1.54, 1.807) is 13.4 Å². The maximum atomic E-state index is 12.1. The maximum absolute atomic E-state index is 12.1. The van der Waals surface area contributed by atoms with Crippen molar-refractivity contribution in [3.8, 4) is 5.75 Å². The Morgan fingerprint density at radius 1 is 1.26 bits per heavy atom. The van der Waals surface area contributed by atoms with E-state index in [9.17, 15) is 4.79 Å². The second-order valence-corrected chi connectivity index (χ2v) is 5.44. The molecule has 5 nitrogen and oxygen atoms in total. The van der Waals surface area contributed by atoms with Gasteiger partial charge in [-0.2, -0.15) is 0 Å². The lowest BCUT2D eigenvalue weighted by Gasteiger charge is -2.09. The van der Waals surface area contributed by atoms with Crippen LogP contribution in [0.5, 0.6) is 5.75 Å². The van der Waals surface area contributed by atoms with Gasteiger partial charge in [0.15, 0.2) is 0 Å². The number of carbonyl (C=O) groups excluding carboxylic acids is 1. The highest BCUT2D eigenvalue weighted by atomic mass is 16.5. The van der Waals surface area contributed by atoms with Gasteiger partial charge in [0.1, 0.15) is 5.75 Å². The molecule has 0 fully saturated rings. The number of ether oxygens (including phenoxy) is 1. The number of amides is 1. The van der Waals surface area contributed by atoms with Crippen LogP contribution in [0.1, 0.15) is 11.1 Å². The SMILES string of the molecule is COc1ccccc1CNC(=O)Cc1ccc2c(c1)ncn2C. The molecule has 3 rings (SSSR count). The number of carbonyl (C=O) groups is 1. The number of aryl methyl sites for hydroxylation is 1. The van der Waals surface area contributed by atoms with E-state index in [0.29, 0.717) is 13.0 Å². The van der Waals surface area contributed by atoms with Crippen LogP contribution in [0.25, 0.3) is 11.0 Å². The Kier molecular flexibility index (Phi) is 4.28. The van der Waals surface area contributed by atoms with Gasteiger partial charge in [0.25, 0.3) is 0 Å². The lowest BCUT2D eigenvalue weighted by molar-refractivity contribution is -0.120. The molecule has 0 aliphatic carbocycles. The minimum Gasteiger partial charge on any atom is -0.496 e. The molecule has 0 bridgehead atoms. The number of hydrogen-bond acceptors (Lipinski definition) is 3. The first kappa shape index (κ1) is 15.1. The van der Waals surface area contributed by atoms with Crippen LogP contribution in [0.15, 0.2) is 48.8 Å². The summed E-state index contributed by atoms with van der Waals surface area (Å²) in [5, 5.41) is 2.93.